The fourth-order valence-electron chi connectivity index (χ4n) is 1.88. The number of rotatable bonds is 1. The van der Waals surface area contributed by atoms with Gasteiger partial charge in [-0.2, -0.15) is 0 Å². The standard InChI is InChI=1S/C12H11ClO/c1-8-2-7-11(14)12(8)9-3-5-10(13)6-4-9/h3-6,12H,1-2,7H2. The summed E-state index contributed by atoms with van der Waals surface area (Å²) in [7, 11) is 0. The van der Waals surface area contributed by atoms with Crippen LogP contribution in [0.15, 0.2) is 36.4 Å². The van der Waals surface area contributed by atoms with Gasteiger partial charge in [-0.25, -0.2) is 0 Å². The fraction of sp³-hybridized carbons (Fsp3) is 0.250. The Bertz CT molecular complexity index is 362. The lowest BCUT2D eigenvalue weighted by molar-refractivity contribution is -0.118. The Labute approximate surface area is 88.4 Å². The largest absolute Gasteiger partial charge is 0.299 e. The molecular weight excluding hydrogens is 196 g/mol. The van der Waals surface area contributed by atoms with Gasteiger partial charge in [0.05, 0.1) is 5.92 Å². The Kier molecular flexibility index (Phi) is 2.42. The van der Waals surface area contributed by atoms with Gasteiger partial charge in [-0.15, -0.1) is 0 Å². The van der Waals surface area contributed by atoms with Crippen molar-refractivity contribution in [1.29, 1.82) is 0 Å². The highest BCUT2D eigenvalue weighted by Gasteiger charge is 2.29. The number of benzene rings is 1. The van der Waals surface area contributed by atoms with E-state index < -0.39 is 0 Å². The van der Waals surface area contributed by atoms with E-state index in [1.165, 1.54) is 0 Å². The van der Waals surface area contributed by atoms with Crippen LogP contribution < -0.4 is 0 Å². The van der Waals surface area contributed by atoms with E-state index in [1.807, 2.05) is 24.3 Å². The van der Waals surface area contributed by atoms with E-state index in [0.717, 1.165) is 17.6 Å². The van der Waals surface area contributed by atoms with Crippen LogP contribution in [0.2, 0.25) is 5.02 Å². The highest BCUT2D eigenvalue weighted by molar-refractivity contribution is 6.30. The van der Waals surface area contributed by atoms with Crippen LogP contribution in [0.25, 0.3) is 0 Å². The highest BCUT2D eigenvalue weighted by Crippen LogP contribution is 2.35. The topological polar surface area (TPSA) is 17.1 Å². The zero-order valence-corrected chi connectivity index (χ0v) is 8.55. The van der Waals surface area contributed by atoms with Crippen LogP contribution >= 0.6 is 11.6 Å². The Morgan fingerprint density at radius 2 is 1.86 bits per heavy atom. The summed E-state index contributed by atoms with van der Waals surface area (Å²) in [5, 5.41) is 0.699. The van der Waals surface area contributed by atoms with Gasteiger partial charge in [0, 0.05) is 11.4 Å². The van der Waals surface area contributed by atoms with Crippen LogP contribution in [0.4, 0.5) is 0 Å². The number of carbonyl (C=O) groups is 1. The van der Waals surface area contributed by atoms with Gasteiger partial charge in [-0.05, 0) is 24.1 Å². The molecule has 0 spiro atoms. The Morgan fingerprint density at radius 3 is 2.36 bits per heavy atom. The molecule has 72 valence electrons. The summed E-state index contributed by atoms with van der Waals surface area (Å²) in [5.41, 5.74) is 2.04. The van der Waals surface area contributed by atoms with E-state index in [1.54, 1.807) is 0 Å². The molecule has 1 aliphatic carbocycles. The second-order valence-electron chi connectivity index (χ2n) is 3.61. The molecule has 2 rings (SSSR count). The number of allylic oxidation sites excluding steroid dienone is 1. The van der Waals surface area contributed by atoms with E-state index >= 15 is 0 Å². The summed E-state index contributed by atoms with van der Waals surface area (Å²) in [4.78, 5) is 11.6. The van der Waals surface area contributed by atoms with Crippen LogP contribution in [0.3, 0.4) is 0 Å². The van der Waals surface area contributed by atoms with Crippen LogP contribution in [0, 0.1) is 0 Å². The molecule has 0 amide bonds. The first kappa shape index (κ1) is 9.47. The normalized spacial score (nSPS) is 21.6. The molecule has 1 aromatic carbocycles. The van der Waals surface area contributed by atoms with E-state index in [-0.39, 0.29) is 11.7 Å². The summed E-state index contributed by atoms with van der Waals surface area (Å²) in [6, 6.07) is 7.44. The molecule has 1 saturated carbocycles. The first-order chi connectivity index (χ1) is 6.68. The first-order valence-electron chi connectivity index (χ1n) is 4.64. The molecule has 1 fully saturated rings. The minimum atomic E-state index is -0.0905. The number of ketones is 1. The summed E-state index contributed by atoms with van der Waals surface area (Å²) in [5.74, 6) is 0.185. The second-order valence-corrected chi connectivity index (χ2v) is 4.05. The van der Waals surface area contributed by atoms with Crippen molar-refractivity contribution < 1.29 is 4.79 Å². The van der Waals surface area contributed by atoms with E-state index in [0.29, 0.717) is 11.4 Å². The van der Waals surface area contributed by atoms with Crippen molar-refractivity contribution in [3.63, 3.8) is 0 Å². The van der Waals surface area contributed by atoms with Gasteiger partial charge >= 0.3 is 0 Å². The summed E-state index contributed by atoms with van der Waals surface area (Å²) in [6.07, 6.45) is 1.46. The lowest BCUT2D eigenvalue weighted by atomic mass is 9.94. The molecule has 0 heterocycles. The molecule has 0 radical (unpaired) electrons. The van der Waals surface area contributed by atoms with Gasteiger partial charge in [0.2, 0.25) is 0 Å². The summed E-state index contributed by atoms with van der Waals surface area (Å²) < 4.78 is 0. The van der Waals surface area contributed by atoms with Gasteiger partial charge in [0.1, 0.15) is 5.78 Å². The predicted octanol–water partition coefficient (Wildman–Crippen LogP) is 3.34. The molecule has 2 heteroatoms. The minimum absolute atomic E-state index is 0.0905. The quantitative estimate of drug-likeness (QED) is 0.644. The third-order valence-corrected chi connectivity index (χ3v) is 2.88. The molecule has 0 bridgehead atoms. The lowest BCUT2D eigenvalue weighted by Gasteiger charge is -2.09. The van der Waals surface area contributed by atoms with Crippen molar-refractivity contribution >= 4 is 17.4 Å². The van der Waals surface area contributed by atoms with Crippen LogP contribution in [0.1, 0.15) is 24.3 Å². The molecular formula is C12H11ClO. The fourth-order valence-corrected chi connectivity index (χ4v) is 2.00. The molecule has 1 nitrogen and oxygen atoms in total. The zero-order valence-electron chi connectivity index (χ0n) is 7.79. The van der Waals surface area contributed by atoms with E-state index in [4.69, 9.17) is 11.6 Å². The molecule has 1 aromatic rings. The summed E-state index contributed by atoms with van der Waals surface area (Å²) >= 11 is 5.78. The molecule has 0 N–H and O–H groups in total. The van der Waals surface area contributed by atoms with Crippen molar-refractivity contribution in [2.45, 2.75) is 18.8 Å². The SMILES string of the molecule is C=C1CCC(=O)C1c1ccc(Cl)cc1. The zero-order chi connectivity index (χ0) is 10.1. The maximum absolute atomic E-state index is 11.6. The van der Waals surface area contributed by atoms with Crippen molar-refractivity contribution in [2.24, 2.45) is 0 Å². The van der Waals surface area contributed by atoms with Gasteiger partial charge in [0.25, 0.3) is 0 Å². The molecule has 1 unspecified atom stereocenters. The highest BCUT2D eigenvalue weighted by atomic mass is 35.5. The molecule has 1 atom stereocenters. The van der Waals surface area contributed by atoms with E-state index in [2.05, 4.69) is 6.58 Å². The molecule has 1 aliphatic rings. The second kappa shape index (κ2) is 3.58. The molecule has 0 aliphatic heterocycles. The first-order valence-corrected chi connectivity index (χ1v) is 5.02. The maximum Gasteiger partial charge on any atom is 0.144 e. The molecule has 0 saturated heterocycles. The Morgan fingerprint density at radius 1 is 1.21 bits per heavy atom. The van der Waals surface area contributed by atoms with E-state index in [9.17, 15) is 4.79 Å². The summed E-state index contributed by atoms with van der Waals surface area (Å²) in [6.45, 7) is 3.93. The number of carbonyl (C=O) groups excluding carboxylic acids is 1. The third kappa shape index (κ3) is 1.60. The molecule has 0 aromatic heterocycles. The average Bonchev–Trinajstić information content (AvgIpc) is 2.49. The number of Topliss-reactive ketones (excluding diaryl/α,β-unsaturated/α-hetero) is 1. The van der Waals surface area contributed by atoms with Gasteiger partial charge in [0.15, 0.2) is 0 Å². The van der Waals surface area contributed by atoms with Crippen molar-refractivity contribution in [2.75, 3.05) is 0 Å². The smallest absolute Gasteiger partial charge is 0.144 e. The van der Waals surface area contributed by atoms with Gasteiger partial charge < -0.3 is 0 Å². The van der Waals surface area contributed by atoms with Gasteiger partial charge in [-0.3, -0.25) is 4.79 Å². The van der Waals surface area contributed by atoms with Gasteiger partial charge in [-0.1, -0.05) is 35.9 Å². The van der Waals surface area contributed by atoms with Crippen LogP contribution in [-0.2, 0) is 4.79 Å². The van der Waals surface area contributed by atoms with Crippen LogP contribution in [-0.4, -0.2) is 5.78 Å². The van der Waals surface area contributed by atoms with Crippen LogP contribution in [0.5, 0.6) is 0 Å². The van der Waals surface area contributed by atoms with Crippen molar-refractivity contribution in [1.82, 2.24) is 0 Å². The van der Waals surface area contributed by atoms with Crippen molar-refractivity contribution in [3.05, 3.63) is 47.0 Å². The average molecular weight is 207 g/mol. The third-order valence-electron chi connectivity index (χ3n) is 2.63. The van der Waals surface area contributed by atoms with Crippen molar-refractivity contribution in [3.8, 4) is 0 Å². The number of hydrogen-bond acceptors (Lipinski definition) is 1. The Hall–Kier alpha value is -1.08. The predicted molar refractivity (Wildman–Crippen MR) is 57.6 cm³/mol. The minimum Gasteiger partial charge on any atom is -0.299 e. The lowest BCUT2D eigenvalue weighted by Crippen LogP contribution is -2.05. The maximum atomic E-state index is 11.6. The number of halogens is 1. The monoisotopic (exact) mass is 206 g/mol. The Balaban J connectivity index is 2.34. The number of hydrogen-bond donors (Lipinski definition) is 0. The molecule has 14 heavy (non-hydrogen) atoms.